The average molecular weight is 198 g/mol. The SMILES string of the molecule is C=C1Cc2ccc(CNC#N)cc2C1C. The van der Waals surface area contributed by atoms with Crippen molar-refractivity contribution in [2.45, 2.75) is 25.8 Å². The van der Waals surface area contributed by atoms with Crippen LogP contribution in [0.15, 0.2) is 30.4 Å². The van der Waals surface area contributed by atoms with E-state index in [2.05, 4.69) is 37.0 Å². The molecule has 76 valence electrons. The molecule has 1 N–H and O–H groups in total. The van der Waals surface area contributed by atoms with Crippen molar-refractivity contribution in [1.82, 2.24) is 5.32 Å². The number of nitrogens with one attached hydrogen (secondary N) is 1. The zero-order valence-electron chi connectivity index (χ0n) is 8.88. The monoisotopic (exact) mass is 198 g/mol. The standard InChI is InChI=1S/C13H14N2/c1-9-5-12-4-3-11(7-15-8-14)6-13(12)10(9)2/h3-4,6,10,15H,1,5,7H2,2H3. The van der Waals surface area contributed by atoms with Crippen molar-refractivity contribution in [3.8, 4) is 6.19 Å². The lowest BCUT2D eigenvalue weighted by atomic mass is 9.99. The molecule has 0 fully saturated rings. The van der Waals surface area contributed by atoms with Crippen LogP contribution >= 0.6 is 0 Å². The molecule has 1 aromatic carbocycles. The van der Waals surface area contributed by atoms with Gasteiger partial charge in [0, 0.05) is 12.5 Å². The third-order valence-corrected chi connectivity index (χ3v) is 3.08. The summed E-state index contributed by atoms with van der Waals surface area (Å²) in [7, 11) is 0. The maximum atomic E-state index is 8.44. The van der Waals surface area contributed by atoms with Gasteiger partial charge in [-0.3, -0.25) is 0 Å². The average Bonchev–Trinajstić information content (AvgIpc) is 2.52. The van der Waals surface area contributed by atoms with Gasteiger partial charge in [-0.2, -0.15) is 5.26 Å². The van der Waals surface area contributed by atoms with Crippen LogP contribution in [0.1, 0.15) is 29.5 Å². The Morgan fingerprint density at radius 3 is 3.13 bits per heavy atom. The zero-order chi connectivity index (χ0) is 10.8. The topological polar surface area (TPSA) is 35.8 Å². The van der Waals surface area contributed by atoms with Crippen molar-refractivity contribution >= 4 is 0 Å². The Morgan fingerprint density at radius 2 is 2.40 bits per heavy atom. The van der Waals surface area contributed by atoms with Crippen molar-refractivity contribution in [3.05, 3.63) is 47.0 Å². The number of benzene rings is 1. The van der Waals surface area contributed by atoms with Crippen LogP contribution in [0.4, 0.5) is 0 Å². The van der Waals surface area contributed by atoms with Crippen LogP contribution in [0, 0.1) is 11.5 Å². The number of rotatable bonds is 2. The third kappa shape index (κ3) is 1.73. The summed E-state index contributed by atoms with van der Waals surface area (Å²) in [5.41, 5.74) is 5.21. The molecule has 0 aromatic heterocycles. The molecule has 2 nitrogen and oxygen atoms in total. The number of nitrogens with zero attached hydrogens (tertiary/aromatic N) is 1. The van der Waals surface area contributed by atoms with Crippen LogP contribution in [-0.4, -0.2) is 0 Å². The largest absolute Gasteiger partial charge is 0.319 e. The lowest BCUT2D eigenvalue weighted by Gasteiger charge is -2.07. The molecule has 0 saturated carbocycles. The first-order valence-electron chi connectivity index (χ1n) is 5.13. The lowest BCUT2D eigenvalue weighted by Crippen LogP contribution is -2.05. The minimum absolute atomic E-state index is 0.460. The van der Waals surface area contributed by atoms with Gasteiger partial charge in [0.15, 0.2) is 6.19 Å². The molecule has 1 aliphatic carbocycles. The molecular weight excluding hydrogens is 184 g/mol. The Hall–Kier alpha value is -1.75. The second kappa shape index (κ2) is 3.78. The number of hydrogen-bond acceptors (Lipinski definition) is 2. The molecule has 1 aromatic rings. The molecule has 2 rings (SSSR count). The highest BCUT2D eigenvalue weighted by Crippen LogP contribution is 2.36. The first kappa shape index (κ1) is 9.79. The van der Waals surface area contributed by atoms with Gasteiger partial charge in [-0.05, 0) is 23.1 Å². The summed E-state index contributed by atoms with van der Waals surface area (Å²) >= 11 is 0. The van der Waals surface area contributed by atoms with E-state index in [9.17, 15) is 0 Å². The fourth-order valence-electron chi connectivity index (χ4n) is 2.08. The fourth-order valence-corrected chi connectivity index (χ4v) is 2.08. The number of fused-ring (bicyclic) bond motifs is 1. The van der Waals surface area contributed by atoms with E-state index in [0.717, 1.165) is 12.0 Å². The summed E-state index contributed by atoms with van der Waals surface area (Å²) in [6, 6.07) is 6.41. The first-order valence-corrected chi connectivity index (χ1v) is 5.13. The van der Waals surface area contributed by atoms with Gasteiger partial charge in [0.1, 0.15) is 0 Å². The summed E-state index contributed by atoms with van der Waals surface area (Å²) in [6.07, 6.45) is 2.94. The molecule has 1 unspecified atom stereocenters. The highest BCUT2D eigenvalue weighted by Gasteiger charge is 2.21. The van der Waals surface area contributed by atoms with Crippen molar-refractivity contribution in [1.29, 1.82) is 5.26 Å². The first-order chi connectivity index (χ1) is 7.22. The van der Waals surface area contributed by atoms with Crippen LogP contribution in [0.25, 0.3) is 0 Å². The quantitative estimate of drug-likeness (QED) is 0.450. The molecule has 15 heavy (non-hydrogen) atoms. The van der Waals surface area contributed by atoms with Crippen molar-refractivity contribution in [2.75, 3.05) is 0 Å². The normalized spacial score (nSPS) is 18.4. The second-order valence-electron chi connectivity index (χ2n) is 4.06. The minimum Gasteiger partial charge on any atom is -0.319 e. The molecule has 0 bridgehead atoms. The van der Waals surface area contributed by atoms with Crippen LogP contribution < -0.4 is 5.32 Å². The van der Waals surface area contributed by atoms with E-state index in [0.29, 0.717) is 12.5 Å². The maximum Gasteiger partial charge on any atom is 0.176 e. The van der Waals surface area contributed by atoms with E-state index in [-0.39, 0.29) is 0 Å². The summed E-state index contributed by atoms with van der Waals surface area (Å²) in [5, 5.41) is 11.1. The molecule has 0 amide bonds. The molecule has 0 aliphatic heterocycles. The van der Waals surface area contributed by atoms with Gasteiger partial charge in [0.2, 0.25) is 0 Å². The zero-order valence-corrected chi connectivity index (χ0v) is 8.88. The summed E-state index contributed by atoms with van der Waals surface area (Å²) in [4.78, 5) is 0. The molecule has 0 saturated heterocycles. The van der Waals surface area contributed by atoms with Gasteiger partial charge in [0.05, 0.1) is 0 Å². The smallest absolute Gasteiger partial charge is 0.176 e. The number of hydrogen-bond donors (Lipinski definition) is 1. The van der Waals surface area contributed by atoms with Crippen molar-refractivity contribution in [2.24, 2.45) is 0 Å². The third-order valence-electron chi connectivity index (χ3n) is 3.08. The lowest BCUT2D eigenvalue weighted by molar-refractivity contribution is 0.874. The van der Waals surface area contributed by atoms with Crippen LogP contribution in [0.5, 0.6) is 0 Å². The molecule has 1 aliphatic rings. The van der Waals surface area contributed by atoms with Gasteiger partial charge < -0.3 is 5.32 Å². The molecular formula is C13H14N2. The number of nitriles is 1. The Kier molecular flexibility index (Phi) is 2.47. The van der Waals surface area contributed by atoms with E-state index < -0.39 is 0 Å². The summed E-state index contributed by atoms with van der Waals surface area (Å²) in [6.45, 7) is 6.88. The van der Waals surface area contributed by atoms with Gasteiger partial charge in [-0.1, -0.05) is 37.3 Å². The van der Waals surface area contributed by atoms with Crippen molar-refractivity contribution in [3.63, 3.8) is 0 Å². The van der Waals surface area contributed by atoms with E-state index in [4.69, 9.17) is 5.26 Å². The van der Waals surface area contributed by atoms with Crippen LogP contribution in [0.3, 0.4) is 0 Å². The predicted molar refractivity (Wildman–Crippen MR) is 60.2 cm³/mol. The Bertz CT molecular complexity index is 440. The maximum absolute atomic E-state index is 8.44. The van der Waals surface area contributed by atoms with E-state index in [1.54, 1.807) is 0 Å². The van der Waals surface area contributed by atoms with Crippen LogP contribution in [-0.2, 0) is 13.0 Å². The molecule has 2 heteroatoms. The molecule has 0 radical (unpaired) electrons. The Morgan fingerprint density at radius 1 is 1.60 bits per heavy atom. The molecule has 0 heterocycles. The predicted octanol–water partition coefficient (Wildman–Crippen LogP) is 2.47. The highest BCUT2D eigenvalue weighted by molar-refractivity contribution is 5.46. The van der Waals surface area contributed by atoms with E-state index in [1.165, 1.54) is 16.7 Å². The summed E-state index contributed by atoms with van der Waals surface area (Å²) in [5.74, 6) is 0.460. The fraction of sp³-hybridized carbons (Fsp3) is 0.308. The minimum atomic E-state index is 0.460. The molecule has 1 atom stereocenters. The summed E-state index contributed by atoms with van der Waals surface area (Å²) < 4.78 is 0. The number of allylic oxidation sites excluding steroid dienone is 1. The Labute approximate surface area is 90.2 Å². The van der Waals surface area contributed by atoms with Crippen LogP contribution in [0.2, 0.25) is 0 Å². The van der Waals surface area contributed by atoms with Crippen molar-refractivity contribution < 1.29 is 0 Å². The molecule has 0 spiro atoms. The van der Waals surface area contributed by atoms with Gasteiger partial charge in [-0.25, -0.2) is 0 Å². The van der Waals surface area contributed by atoms with Gasteiger partial charge in [0.25, 0.3) is 0 Å². The Balaban J connectivity index is 2.28. The van der Waals surface area contributed by atoms with Gasteiger partial charge >= 0.3 is 0 Å². The van der Waals surface area contributed by atoms with Gasteiger partial charge in [-0.15, -0.1) is 0 Å². The van der Waals surface area contributed by atoms with E-state index >= 15 is 0 Å². The second-order valence-corrected chi connectivity index (χ2v) is 4.06. The highest BCUT2D eigenvalue weighted by atomic mass is 14.8. The van der Waals surface area contributed by atoms with E-state index in [1.807, 2.05) is 6.19 Å².